The smallest absolute Gasteiger partial charge is 0.275 e. The van der Waals surface area contributed by atoms with Gasteiger partial charge in [-0.1, -0.05) is 0 Å². The molecule has 1 amide bonds. The van der Waals surface area contributed by atoms with Crippen molar-refractivity contribution in [2.75, 3.05) is 36.1 Å². The molecule has 3 heterocycles. The van der Waals surface area contributed by atoms with Gasteiger partial charge in [-0.15, -0.1) is 0 Å². The molecule has 4 N–H and O–H groups in total. The van der Waals surface area contributed by atoms with E-state index in [4.69, 9.17) is 10.5 Å². The van der Waals surface area contributed by atoms with E-state index in [1.54, 1.807) is 19.3 Å². The summed E-state index contributed by atoms with van der Waals surface area (Å²) < 4.78 is 19.4. The number of benzene rings is 1. The molecule has 2 aliphatic rings. The number of nitrogens with zero attached hydrogens (tertiary/aromatic N) is 3. The molecule has 0 saturated carbocycles. The maximum Gasteiger partial charge on any atom is 0.275 e. The van der Waals surface area contributed by atoms with Crippen LogP contribution >= 0.6 is 0 Å². The van der Waals surface area contributed by atoms with Gasteiger partial charge in [0.25, 0.3) is 5.91 Å². The fourth-order valence-corrected chi connectivity index (χ4v) is 4.16. The number of anilines is 3. The van der Waals surface area contributed by atoms with Crippen molar-refractivity contribution in [1.29, 1.82) is 0 Å². The van der Waals surface area contributed by atoms with Crippen molar-refractivity contribution < 1.29 is 13.9 Å². The van der Waals surface area contributed by atoms with E-state index in [2.05, 4.69) is 20.6 Å². The second-order valence-electron chi connectivity index (χ2n) is 8.38. The molecule has 1 fully saturated rings. The number of carbonyl (C=O) groups is 1. The molecule has 0 aliphatic carbocycles. The molecule has 2 aliphatic heterocycles. The minimum Gasteiger partial charge on any atom is -0.472 e. The summed E-state index contributed by atoms with van der Waals surface area (Å²) in [6.45, 7) is 4.94. The van der Waals surface area contributed by atoms with Crippen LogP contribution in [0.25, 0.3) is 0 Å². The van der Waals surface area contributed by atoms with Crippen LogP contribution in [0.3, 0.4) is 0 Å². The van der Waals surface area contributed by atoms with Gasteiger partial charge in [0.15, 0.2) is 6.23 Å². The first kappa shape index (κ1) is 22.6. The molecule has 1 atom stereocenters. The topological polar surface area (TPSA) is 105 Å². The lowest BCUT2D eigenvalue weighted by molar-refractivity contribution is -0.113. The van der Waals surface area contributed by atoms with Gasteiger partial charge in [-0.3, -0.25) is 14.8 Å². The molecule has 174 valence electrons. The van der Waals surface area contributed by atoms with Crippen LogP contribution in [-0.4, -0.2) is 43.4 Å². The number of ether oxygens (including phenoxy) is 1. The Labute approximate surface area is 192 Å². The number of halogens is 1. The predicted molar refractivity (Wildman–Crippen MR) is 128 cm³/mol. The molecule has 4 rings (SSSR count). The van der Waals surface area contributed by atoms with Gasteiger partial charge in [0.05, 0.1) is 11.4 Å². The lowest BCUT2D eigenvalue weighted by Crippen LogP contribution is -2.35. The Balaban J connectivity index is 1.54. The molecule has 1 aromatic heterocycles. The number of aliphatic imine (C=N–C) groups is 1. The Morgan fingerprint density at radius 2 is 1.97 bits per heavy atom. The summed E-state index contributed by atoms with van der Waals surface area (Å²) in [5.41, 5.74) is 11.8. The molecule has 0 bridgehead atoms. The molecule has 2 aromatic rings. The van der Waals surface area contributed by atoms with Crippen LogP contribution in [0.4, 0.5) is 21.5 Å². The molecule has 0 spiro atoms. The Morgan fingerprint density at radius 1 is 1.27 bits per heavy atom. The first-order valence-electron chi connectivity index (χ1n) is 11.0. The van der Waals surface area contributed by atoms with Crippen molar-refractivity contribution in [2.24, 2.45) is 4.99 Å². The summed E-state index contributed by atoms with van der Waals surface area (Å²) in [5.74, 6) is -0.342. The average Bonchev–Trinajstić information content (AvgIpc) is 3.27. The number of pyridine rings is 1. The average molecular weight is 453 g/mol. The molecular formula is C24H29FN6O2. The number of alkyl halides is 1. The minimum absolute atomic E-state index is 0.308. The number of hydrogen-bond donors (Lipinski definition) is 3. The second-order valence-corrected chi connectivity index (χ2v) is 8.38. The number of carbonyl (C=O) groups excluding carboxylic acids is 1. The van der Waals surface area contributed by atoms with Gasteiger partial charge < -0.3 is 26.0 Å². The summed E-state index contributed by atoms with van der Waals surface area (Å²) in [6.07, 6.45) is 2.68. The maximum atomic E-state index is 13.7. The van der Waals surface area contributed by atoms with E-state index in [1.807, 2.05) is 36.9 Å². The van der Waals surface area contributed by atoms with Crippen LogP contribution < -0.4 is 21.3 Å². The largest absolute Gasteiger partial charge is 0.472 e. The number of nitrogens with two attached hydrogens (primary N) is 1. The van der Waals surface area contributed by atoms with Crippen LogP contribution in [0.2, 0.25) is 0 Å². The second kappa shape index (κ2) is 9.48. The Bertz CT molecular complexity index is 1090. The zero-order valence-corrected chi connectivity index (χ0v) is 19.1. The summed E-state index contributed by atoms with van der Waals surface area (Å²) >= 11 is 0. The molecule has 1 unspecified atom stereocenters. The SMILES string of the molecule is CN=Cc1cc(NC(=O)C2=COC(c3cc(C)nc(C)c3)N2)c(N2CCC(F)CC2)cc1N. The molecular weight excluding hydrogens is 423 g/mol. The predicted octanol–water partition coefficient (Wildman–Crippen LogP) is 3.37. The highest BCUT2D eigenvalue weighted by molar-refractivity contribution is 6.06. The monoisotopic (exact) mass is 452 g/mol. The third-order valence-electron chi connectivity index (χ3n) is 5.74. The van der Waals surface area contributed by atoms with Crippen molar-refractivity contribution in [3.63, 3.8) is 0 Å². The van der Waals surface area contributed by atoms with Gasteiger partial charge >= 0.3 is 0 Å². The van der Waals surface area contributed by atoms with E-state index < -0.39 is 12.4 Å². The van der Waals surface area contributed by atoms with E-state index in [0.717, 1.165) is 22.6 Å². The number of nitrogen functional groups attached to an aromatic ring is 1. The van der Waals surface area contributed by atoms with Gasteiger partial charge in [-0.2, -0.15) is 0 Å². The number of nitrogens with one attached hydrogen (secondary N) is 2. The maximum absolute atomic E-state index is 13.7. The first-order chi connectivity index (χ1) is 15.8. The third-order valence-corrected chi connectivity index (χ3v) is 5.74. The van der Waals surface area contributed by atoms with Crippen molar-refractivity contribution in [2.45, 2.75) is 39.1 Å². The normalized spacial score (nSPS) is 18.7. The summed E-state index contributed by atoms with van der Waals surface area (Å²) in [6, 6.07) is 7.44. The number of rotatable bonds is 5. The van der Waals surface area contributed by atoms with Crippen molar-refractivity contribution in [1.82, 2.24) is 10.3 Å². The van der Waals surface area contributed by atoms with E-state index in [-0.39, 0.29) is 5.91 Å². The lowest BCUT2D eigenvalue weighted by atomic mass is 10.1. The standard InChI is InChI=1S/C24H29FN6O2/c1-14-8-16(9-15(2)28-14)24-30-21(13-33-24)23(32)29-20-10-17(12-27-3)19(26)11-22(20)31-6-4-18(25)5-7-31/h8-13,18,24,30H,4-7,26H2,1-3H3,(H,29,32). The van der Waals surface area contributed by atoms with Gasteiger partial charge in [0.2, 0.25) is 0 Å². The van der Waals surface area contributed by atoms with Crippen LogP contribution in [0.15, 0.2) is 41.2 Å². The Morgan fingerprint density at radius 3 is 2.64 bits per heavy atom. The highest BCUT2D eigenvalue weighted by Gasteiger charge is 2.26. The van der Waals surface area contributed by atoms with Gasteiger partial charge in [0.1, 0.15) is 18.1 Å². The summed E-state index contributed by atoms with van der Waals surface area (Å²) in [7, 11) is 1.66. The summed E-state index contributed by atoms with van der Waals surface area (Å²) in [4.78, 5) is 23.6. The van der Waals surface area contributed by atoms with Gasteiger partial charge in [0, 0.05) is 54.6 Å². The first-order valence-corrected chi connectivity index (χ1v) is 11.0. The quantitative estimate of drug-likeness (QED) is 0.475. The van der Waals surface area contributed by atoms with Crippen LogP contribution in [-0.2, 0) is 9.53 Å². The third kappa shape index (κ3) is 5.08. The zero-order valence-electron chi connectivity index (χ0n) is 19.1. The molecule has 9 heteroatoms. The Kier molecular flexibility index (Phi) is 6.48. The van der Waals surface area contributed by atoms with Crippen molar-refractivity contribution in [3.8, 4) is 0 Å². The van der Waals surface area contributed by atoms with E-state index in [1.165, 1.54) is 6.26 Å². The van der Waals surface area contributed by atoms with Crippen LogP contribution in [0.1, 0.15) is 41.6 Å². The van der Waals surface area contributed by atoms with Crippen LogP contribution in [0, 0.1) is 13.8 Å². The fraction of sp³-hybridized carbons (Fsp3) is 0.375. The van der Waals surface area contributed by atoms with Crippen molar-refractivity contribution in [3.05, 3.63) is 58.7 Å². The molecule has 1 aromatic carbocycles. The molecule has 8 nitrogen and oxygen atoms in total. The number of hydrogen-bond acceptors (Lipinski definition) is 7. The number of aromatic nitrogens is 1. The number of aryl methyl sites for hydroxylation is 2. The number of piperidine rings is 1. The highest BCUT2D eigenvalue weighted by Crippen LogP contribution is 2.34. The number of amides is 1. The zero-order chi connectivity index (χ0) is 23.5. The summed E-state index contributed by atoms with van der Waals surface area (Å²) in [5, 5.41) is 6.09. The molecule has 33 heavy (non-hydrogen) atoms. The van der Waals surface area contributed by atoms with E-state index in [0.29, 0.717) is 48.6 Å². The van der Waals surface area contributed by atoms with Gasteiger partial charge in [-0.05, 0) is 51.0 Å². The lowest BCUT2D eigenvalue weighted by Gasteiger charge is -2.32. The van der Waals surface area contributed by atoms with Crippen LogP contribution in [0.5, 0.6) is 0 Å². The molecule has 1 saturated heterocycles. The molecule has 0 radical (unpaired) electrons. The highest BCUT2D eigenvalue weighted by atomic mass is 19.1. The van der Waals surface area contributed by atoms with E-state index >= 15 is 0 Å². The fourth-order valence-electron chi connectivity index (χ4n) is 4.16. The Hall–Kier alpha value is -3.62. The van der Waals surface area contributed by atoms with E-state index in [9.17, 15) is 9.18 Å². The minimum atomic E-state index is -0.800. The van der Waals surface area contributed by atoms with Crippen molar-refractivity contribution >= 4 is 29.2 Å². The van der Waals surface area contributed by atoms with Gasteiger partial charge in [-0.25, -0.2) is 4.39 Å².